The molecule has 1 aliphatic heterocycles. The van der Waals surface area contributed by atoms with E-state index >= 15 is 0 Å². The van der Waals surface area contributed by atoms with Crippen LogP contribution in [-0.2, 0) is 43.4 Å². The van der Waals surface area contributed by atoms with Crippen molar-refractivity contribution in [1.29, 1.82) is 0 Å². The molecular weight excluding hydrogens is 787 g/mol. The molecule has 1 heterocycles. The summed E-state index contributed by atoms with van der Waals surface area (Å²) in [6, 6.07) is 29.5. The van der Waals surface area contributed by atoms with Gasteiger partial charge >= 0.3 is 0 Å². The zero-order valence-electron chi connectivity index (χ0n) is 34.8. The number of aromatic hydroxyl groups is 1. The molecule has 5 amide bonds. The number of phenols is 1. The molecule has 10 N–H and O–H groups in total. The van der Waals surface area contributed by atoms with Gasteiger partial charge in [0.05, 0.1) is 6.54 Å². The molecule has 0 aliphatic carbocycles. The molecule has 6 rings (SSSR count). The van der Waals surface area contributed by atoms with Gasteiger partial charge in [-0.3, -0.25) is 29.0 Å². The van der Waals surface area contributed by atoms with Crippen molar-refractivity contribution < 1.29 is 29.1 Å². The summed E-state index contributed by atoms with van der Waals surface area (Å²) in [5.74, 6) is -3.26. The van der Waals surface area contributed by atoms with Crippen LogP contribution in [0.2, 0.25) is 0 Å². The van der Waals surface area contributed by atoms with Crippen LogP contribution < -0.4 is 38.1 Å². The van der Waals surface area contributed by atoms with Gasteiger partial charge in [-0.2, -0.15) is 0 Å². The van der Waals surface area contributed by atoms with E-state index in [0.29, 0.717) is 31.5 Å². The molecule has 0 saturated carbocycles. The number of aliphatic imine (C=N–C) groups is 1. The third kappa shape index (κ3) is 12.8. The minimum absolute atomic E-state index is 0.0198. The molecular formula is C47H55N9O6. The Bertz CT molecular complexity index is 2400. The summed E-state index contributed by atoms with van der Waals surface area (Å²) in [7, 11) is 1.99. The second kappa shape index (κ2) is 21.5. The topological polar surface area (TPSA) is 233 Å². The van der Waals surface area contributed by atoms with Crippen molar-refractivity contribution in [2.75, 3.05) is 26.7 Å². The number of fused-ring (bicyclic) bond motifs is 2. The summed E-state index contributed by atoms with van der Waals surface area (Å²) < 4.78 is 0. The van der Waals surface area contributed by atoms with Gasteiger partial charge in [0.2, 0.25) is 29.5 Å². The highest BCUT2D eigenvalue weighted by Crippen LogP contribution is 2.21. The Morgan fingerprint density at radius 3 is 1.95 bits per heavy atom. The fourth-order valence-electron chi connectivity index (χ4n) is 7.65. The van der Waals surface area contributed by atoms with E-state index in [1.54, 1.807) is 12.1 Å². The van der Waals surface area contributed by atoms with Gasteiger partial charge < -0.3 is 48.1 Å². The monoisotopic (exact) mass is 841 g/mol. The van der Waals surface area contributed by atoms with Crippen LogP contribution in [0.4, 0.5) is 0 Å². The van der Waals surface area contributed by atoms with Crippen molar-refractivity contribution in [3.8, 4) is 5.75 Å². The van der Waals surface area contributed by atoms with E-state index in [4.69, 9.17) is 11.5 Å². The fraction of sp³-hybridized carbons (Fsp3) is 0.319. The highest BCUT2D eigenvalue weighted by molar-refractivity contribution is 5.97. The number of hydrogen-bond acceptors (Lipinski definition) is 8. The number of rotatable bonds is 14. The quantitative estimate of drug-likeness (QED) is 0.0466. The highest BCUT2D eigenvalue weighted by atomic mass is 16.3. The van der Waals surface area contributed by atoms with Crippen molar-refractivity contribution in [1.82, 2.24) is 31.5 Å². The number of carbonyl (C=O) groups excluding carboxylic acids is 5. The molecule has 0 aromatic heterocycles. The van der Waals surface area contributed by atoms with Gasteiger partial charge in [-0.05, 0) is 89.6 Å². The molecule has 324 valence electrons. The van der Waals surface area contributed by atoms with Crippen LogP contribution in [0.15, 0.2) is 114 Å². The minimum atomic E-state index is -1.16. The summed E-state index contributed by atoms with van der Waals surface area (Å²) in [5, 5.41) is 28.0. The maximum Gasteiger partial charge on any atom is 0.243 e. The third-order valence-electron chi connectivity index (χ3n) is 10.9. The van der Waals surface area contributed by atoms with Crippen molar-refractivity contribution in [3.05, 3.63) is 126 Å². The van der Waals surface area contributed by atoms with E-state index in [1.807, 2.05) is 67.7 Å². The van der Waals surface area contributed by atoms with Gasteiger partial charge in [-0.15, -0.1) is 0 Å². The summed E-state index contributed by atoms with van der Waals surface area (Å²) >= 11 is 0. The summed E-state index contributed by atoms with van der Waals surface area (Å²) in [6.45, 7) is 0.909. The highest BCUT2D eigenvalue weighted by Gasteiger charge is 2.32. The van der Waals surface area contributed by atoms with Gasteiger partial charge in [0.25, 0.3) is 0 Å². The standard InChI is InChI=1S/C47H55N9O6/c1-56(29-35-13-6-12-33-10-4-5-14-37(33)35)24-8-16-39-44(60)53-38(15-7-23-50-47(48)49)45(61)55-40(27-31-17-20-32-9-2-3-11-34(32)25-31)43(59)51-28-42(58)52-41(46(62)54-39)26-30-18-21-36(57)22-19-30/h2-6,9-14,17-22,25,38-41,57H,7-8,15-16,23-24,26-29H2,1H3,(H,51,59)(H,52,58)(H,53,60)(H,54,62)(H,55,61)(H4,48,49,50)/t38-,39-,40-,41+/m0/s1. The van der Waals surface area contributed by atoms with Crippen LogP contribution in [-0.4, -0.2) is 96.4 Å². The first-order chi connectivity index (χ1) is 29.9. The van der Waals surface area contributed by atoms with E-state index < -0.39 is 60.2 Å². The Hall–Kier alpha value is -7.00. The lowest BCUT2D eigenvalue weighted by molar-refractivity contribution is -0.134. The average molecular weight is 842 g/mol. The van der Waals surface area contributed by atoms with Crippen LogP contribution in [0.5, 0.6) is 5.75 Å². The first-order valence-electron chi connectivity index (χ1n) is 20.9. The molecule has 5 aromatic rings. The van der Waals surface area contributed by atoms with E-state index in [1.165, 1.54) is 12.1 Å². The molecule has 1 aliphatic rings. The number of nitrogens with zero attached hydrogens (tertiary/aromatic N) is 2. The SMILES string of the molecule is CN(CCC[C@@H]1NC(=O)[C@@H](Cc2ccc(O)cc2)NC(=O)CNC(=O)[C@H](Cc2ccc3ccccc3c2)NC(=O)[C@H](CCCN=C(N)N)NC1=O)Cc1cccc2ccccc12. The maximum absolute atomic E-state index is 14.4. The molecule has 0 bridgehead atoms. The predicted octanol–water partition coefficient (Wildman–Crippen LogP) is 2.52. The number of amides is 5. The molecule has 0 unspecified atom stereocenters. The van der Waals surface area contributed by atoms with Gasteiger partial charge in [0.1, 0.15) is 29.9 Å². The maximum atomic E-state index is 14.4. The van der Waals surface area contributed by atoms with Gasteiger partial charge in [-0.25, -0.2) is 0 Å². The zero-order chi connectivity index (χ0) is 44.0. The average Bonchev–Trinajstić information content (AvgIpc) is 3.26. The van der Waals surface area contributed by atoms with Gasteiger partial charge in [-0.1, -0.05) is 97.1 Å². The van der Waals surface area contributed by atoms with Crippen LogP contribution in [0, 0.1) is 0 Å². The fourth-order valence-corrected chi connectivity index (χ4v) is 7.65. The summed E-state index contributed by atoms with van der Waals surface area (Å²) in [4.78, 5) is 76.2. The molecule has 4 atom stereocenters. The number of hydrogen-bond donors (Lipinski definition) is 8. The number of benzene rings is 5. The number of guanidine groups is 1. The molecule has 5 aromatic carbocycles. The minimum Gasteiger partial charge on any atom is -0.508 e. The van der Waals surface area contributed by atoms with Crippen LogP contribution >= 0.6 is 0 Å². The van der Waals surface area contributed by atoms with Gasteiger partial charge in [0, 0.05) is 25.9 Å². The van der Waals surface area contributed by atoms with Crippen LogP contribution in [0.1, 0.15) is 42.4 Å². The first kappa shape index (κ1) is 44.5. The van der Waals surface area contributed by atoms with Crippen molar-refractivity contribution in [3.63, 3.8) is 0 Å². The molecule has 15 nitrogen and oxygen atoms in total. The number of carbonyl (C=O) groups is 5. The van der Waals surface area contributed by atoms with E-state index in [-0.39, 0.29) is 43.9 Å². The third-order valence-corrected chi connectivity index (χ3v) is 10.9. The van der Waals surface area contributed by atoms with Gasteiger partial charge in [0.15, 0.2) is 5.96 Å². The normalized spacial score (nSPS) is 19.1. The number of phenolic OH excluding ortho intramolecular Hbond substituents is 1. The van der Waals surface area contributed by atoms with Crippen LogP contribution in [0.3, 0.4) is 0 Å². The first-order valence-corrected chi connectivity index (χ1v) is 20.9. The van der Waals surface area contributed by atoms with Crippen molar-refractivity contribution in [2.45, 2.75) is 69.2 Å². The second-order valence-electron chi connectivity index (χ2n) is 15.7. The Morgan fingerprint density at radius 2 is 1.23 bits per heavy atom. The molecule has 0 radical (unpaired) electrons. The predicted molar refractivity (Wildman–Crippen MR) is 240 cm³/mol. The molecule has 15 heteroatoms. The molecule has 1 saturated heterocycles. The Kier molecular flexibility index (Phi) is 15.4. The Labute approximate surface area is 360 Å². The molecule has 0 spiro atoms. The van der Waals surface area contributed by atoms with E-state index in [9.17, 15) is 29.1 Å². The van der Waals surface area contributed by atoms with E-state index in [0.717, 1.165) is 32.7 Å². The van der Waals surface area contributed by atoms with Crippen molar-refractivity contribution in [2.24, 2.45) is 16.5 Å². The zero-order valence-corrected chi connectivity index (χ0v) is 34.8. The lowest BCUT2D eigenvalue weighted by atomic mass is 10.0. The lowest BCUT2D eigenvalue weighted by Gasteiger charge is -2.26. The Balaban J connectivity index is 1.27. The summed E-state index contributed by atoms with van der Waals surface area (Å²) in [5.41, 5.74) is 13.6. The largest absolute Gasteiger partial charge is 0.508 e. The number of nitrogens with one attached hydrogen (secondary N) is 5. The Morgan fingerprint density at radius 1 is 0.645 bits per heavy atom. The summed E-state index contributed by atoms with van der Waals surface area (Å²) in [6.07, 6.45) is 1.20. The smallest absolute Gasteiger partial charge is 0.243 e. The van der Waals surface area contributed by atoms with Crippen molar-refractivity contribution >= 4 is 57.0 Å². The molecule has 1 fully saturated rings. The van der Waals surface area contributed by atoms with E-state index in [2.05, 4.69) is 60.7 Å². The molecule has 62 heavy (non-hydrogen) atoms. The number of nitrogens with two attached hydrogens (primary N) is 2. The second-order valence-corrected chi connectivity index (χ2v) is 15.7. The lowest BCUT2D eigenvalue weighted by Crippen LogP contribution is -2.58. The van der Waals surface area contributed by atoms with Crippen LogP contribution in [0.25, 0.3) is 21.5 Å².